The summed E-state index contributed by atoms with van der Waals surface area (Å²) in [6, 6.07) is 9.25. The van der Waals surface area contributed by atoms with Crippen LogP contribution in [0.4, 0.5) is 13.2 Å². The molecule has 198 valence electrons. The maximum absolute atomic E-state index is 15.6. The molecule has 1 saturated heterocycles. The van der Waals surface area contributed by atoms with Gasteiger partial charge in [0, 0.05) is 34.3 Å². The monoisotopic (exact) mass is 552 g/mol. The molecular formula is C27H28ClF3N2O3S. The van der Waals surface area contributed by atoms with Crippen LogP contribution in [-0.4, -0.2) is 53.5 Å². The molecule has 0 saturated carbocycles. The Hall–Kier alpha value is -2.49. The molecular weight excluding hydrogens is 525 g/mol. The summed E-state index contributed by atoms with van der Waals surface area (Å²) < 4.78 is 48.1. The molecule has 0 unspecified atom stereocenters. The van der Waals surface area contributed by atoms with Gasteiger partial charge in [0.25, 0.3) is 0 Å². The Balaban J connectivity index is 1.37. The molecule has 1 fully saturated rings. The minimum absolute atomic E-state index is 0.0110. The largest absolute Gasteiger partial charge is 0.497 e. The van der Waals surface area contributed by atoms with Gasteiger partial charge in [0.1, 0.15) is 11.9 Å². The predicted octanol–water partition coefficient (Wildman–Crippen LogP) is 6.92. The van der Waals surface area contributed by atoms with Gasteiger partial charge in [-0.25, -0.2) is 13.2 Å². The van der Waals surface area contributed by atoms with Crippen molar-refractivity contribution in [1.82, 2.24) is 9.88 Å². The van der Waals surface area contributed by atoms with E-state index in [1.54, 1.807) is 18.2 Å². The number of alkyl halides is 1. The Kier molecular flexibility index (Phi) is 8.87. The number of thioether (sulfide) groups is 1. The van der Waals surface area contributed by atoms with Gasteiger partial charge in [-0.15, -0.1) is 11.8 Å². The van der Waals surface area contributed by atoms with E-state index in [1.165, 1.54) is 37.2 Å². The number of carbonyl (C=O) groups is 1. The zero-order valence-electron chi connectivity index (χ0n) is 20.4. The fourth-order valence-corrected chi connectivity index (χ4v) is 6.05. The highest BCUT2D eigenvalue weighted by atomic mass is 35.5. The zero-order valence-corrected chi connectivity index (χ0v) is 21.9. The van der Waals surface area contributed by atoms with Crippen LogP contribution in [0, 0.1) is 17.0 Å². The lowest BCUT2D eigenvalue weighted by Crippen LogP contribution is -2.45. The molecule has 1 atom stereocenters. The van der Waals surface area contributed by atoms with Gasteiger partial charge >= 0.3 is 5.97 Å². The Morgan fingerprint density at radius 3 is 2.73 bits per heavy atom. The van der Waals surface area contributed by atoms with E-state index in [1.807, 2.05) is 0 Å². The maximum atomic E-state index is 15.6. The average molecular weight is 553 g/mol. The van der Waals surface area contributed by atoms with E-state index in [-0.39, 0.29) is 22.8 Å². The number of carboxylic acid groups (broad SMARTS) is 1. The molecule has 2 heterocycles. The number of likely N-dealkylation sites (tertiary alicyclic amines) is 1. The molecule has 1 N–H and O–H groups in total. The summed E-state index contributed by atoms with van der Waals surface area (Å²) in [4.78, 5) is 18.9. The Morgan fingerprint density at radius 2 is 2.03 bits per heavy atom. The highest BCUT2D eigenvalue weighted by Crippen LogP contribution is 2.42. The van der Waals surface area contributed by atoms with E-state index in [4.69, 9.17) is 16.3 Å². The molecule has 10 heteroatoms. The number of pyridine rings is 1. The van der Waals surface area contributed by atoms with Gasteiger partial charge < -0.3 is 14.7 Å². The first kappa shape index (κ1) is 27.5. The van der Waals surface area contributed by atoms with Crippen LogP contribution < -0.4 is 4.74 Å². The van der Waals surface area contributed by atoms with Crippen molar-refractivity contribution >= 4 is 40.2 Å². The number of fused-ring (bicyclic) bond motifs is 1. The molecule has 0 bridgehead atoms. The zero-order chi connectivity index (χ0) is 26.6. The highest BCUT2D eigenvalue weighted by Gasteiger charge is 2.41. The van der Waals surface area contributed by atoms with Gasteiger partial charge in [-0.05, 0) is 69.1 Å². The van der Waals surface area contributed by atoms with Crippen LogP contribution in [0.5, 0.6) is 5.75 Å². The fraction of sp³-hybridized carbons (Fsp3) is 0.407. The van der Waals surface area contributed by atoms with Gasteiger partial charge in [0.05, 0.1) is 23.1 Å². The van der Waals surface area contributed by atoms with E-state index in [2.05, 4.69) is 9.88 Å². The van der Waals surface area contributed by atoms with Crippen LogP contribution in [0.2, 0.25) is 5.02 Å². The smallest absolute Gasteiger partial charge is 0.309 e. The van der Waals surface area contributed by atoms with Crippen molar-refractivity contribution in [3.8, 4) is 5.75 Å². The number of methoxy groups -OCH3 is 1. The second-order valence-electron chi connectivity index (χ2n) is 9.24. The number of hydrogen-bond donors (Lipinski definition) is 1. The Bertz CT molecular complexity index is 1270. The molecule has 0 amide bonds. The lowest BCUT2D eigenvalue weighted by atomic mass is 9.74. The Morgan fingerprint density at radius 1 is 1.27 bits per heavy atom. The number of aliphatic carboxylic acids is 1. The summed E-state index contributed by atoms with van der Waals surface area (Å²) in [5.41, 5.74) is -0.152. The number of nitrogens with zero attached hydrogens (tertiary/aromatic N) is 2. The SMILES string of the molecule is COc1ccc2ncc(Cl)c([C@@H](F)CCC3(C(=O)O)CCN(CCSc4cccc(F)c4F)CC3)c2c1. The minimum Gasteiger partial charge on any atom is -0.497 e. The number of ether oxygens (including phenoxy) is 1. The lowest BCUT2D eigenvalue weighted by Gasteiger charge is -2.39. The summed E-state index contributed by atoms with van der Waals surface area (Å²) >= 11 is 7.56. The lowest BCUT2D eigenvalue weighted by molar-refractivity contribution is -0.153. The fourth-order valence-electron chi connectivity index (χ4n) is 4.82. The van der Waals surface area contributed by atoms with Gasteiger partial charge in [-0.1, -0.05) is 17.7 Å². The summed E-state index contributed by atoms with van der Waals surface area (Å²) in [6.45, 7) is 1.68. The van der Waals surface area contributed by atoms with Crippen LogP contribution in [0.3, 0.4) is 0 Å². The van der Waals surface area contributed by atoms with Crippen LogP contribution in [-0.2, 0) is 4.79 Å². The molecule has 3 aromatic rings. The number of hydrogen-bond acceptors (Lipinski definition) is 5. The van der Waals surface area contributed by atoms with Crippen LogP contribution in [0.15, 0.2) is 47.5 Å². The summed E-state index contributed by atoms with van der Waals surface area (Å²) in [5, 5.41) is 10.8. The van der Waals surface area contributed by atoms with E-state index in [0.29, 0.717) is 60.4 Å². The molecule has 2 aromatic carbocycles. The van der Waals surface area contributed by atoms with Crippen molar-refractivity contribution < 1.29 is 27.8 Å². The molecule has 1 aliphatic rings. The first-order chi connectivity index (χ1) is 17.7. The third-order valence-corrected chi connectivity index (χ3v) is 8.42. The first-order valence-corrected chi connectivity index (χ1v) is 13.4. The van der Waals surface area contributed by atoms with E-state index < -0.39 is 29.2 Å². The molecule has 4 rings (SSSR count). The second-order valence-corrected chi connectivity index (χ2v) is 10.8. The van der Waals surface area contributed by atoms with Crippen LogP contribution >= 0.6 is 23.4 Å². The molecule has 1 aromatic heterocycles. The maximum Gasteiger partial charge on any atom is 0.309 e. The van der Waals surface area contributed by atoms with Crippen molar-refractivity contribution in [2.24, 2.45) is 5.41 Å². The molecule has 0 radical (unpaired) electrons. The first-order valence-electron chi connectivity index (χ1n) is 12.0. The number of aromatic nitrogens is 1. The van der Waals surface area contributed by atoms with Gasteiger partial charge in [-0.3, -0.25) is 9.78 Å². The molecule has 5 nitrogen and oxygen atoms in total. The number of halogens is 4. The Labute approximate surface area is 223 Å². The van der Waals surface area contributed by atoms with E-state index in [0.717, 1.165) is 6.07 Å². The van der Waals surface area contributed by atoms with E-state index >= 15 is 4.39 Å². The summed E-state index contributed by atoms with van der Waals surface area (Å²) in [7, 11) is 1.52. The van der Waals surface area contributed by atoms with Crippen molar-refractivity contribution in [1.29, 1.82) is 0 Å². The summed E-state index contributed by atoms with van der Waals surface area (Å²) in [5.74, 6) is -1.55. The van der Waals surface area contributed by atoms with Gasteiger partial charge in [0.2, 0.25) is 0 Å². The second kappa shape index (κ2) is 11.9. The van der Waals surface area contributed by atoms with Crippen LogP contribution in [0.1, 0.15) is 37.4 Å². The van der Waals surface area contributed by atoms with Crippen LogP contribution in [0.25, 0.3) is 10.9 Å². The van der Waals surface area contributed by atoms with Crippen molar-refractivity contribution in [2.75, 3.05) is 32.5 Å². The number of rotatable bonds is 10. The third-order valence-electron chi connectivity index (χ3n) is 7.11. The van der Waals surface area contributed by atoms with Crippen molar-refractivity contribution in [2.45, 2.75) is 36.8 Å². The van der Waals surface area contributed by atoms with Crippen molar-refractivity contribution in [3.63, 3.8) is 0 Å². The number of carboxylic acids is 1. The number of piperidine rings is 1. The highest BCUT2D eigenvalue weighted by molar-refractivity contribution is 7.99. The third kappa shape index (κ3) is 6.16. The average Bonchev–Trinajstić information content (AvgIpc) is 2.90. The standard InChI is InChI=1S/C27H28ClF3N2O3S/c1-36-17-5-6-22-18(15-17)24(19(28)16-32-22)20(29)7-8-27(26(34)35)9-11-33(12-10-27)13-14-37-23-4-2-3-21(30)25(23)31/h2-6,15-16,20H,7-14H2,1H3,(H,34,35)/t20-/m0/s1. The van der Waals surface area contributed by atoms with Gasteiger partial charge in [-0.2, -0.15) is 0 Å². The molecule has 0 aliphatic carbocycles. The summed E-state index contributed by atoms with van der Waals surface area (Å²) in [6.07, 6.45) is 0.899. The van der Waals surface area contributed by atoms with E-state index in [9.17, 15) is 18.7 Å². The van der Waals surface area contributed by atoms with Crippen molar-refractivity contribution in [3.05, 3.63) is 64.8 Å². The normalized spacial score (nSPS) is 16.6. The number of benzene rings is 2. The topological polar surface area (TPSA) is 62.7 Å². The molecule has 37 heavy (non-hydrogen) atoms. The van der Waals surface area contributed by atoms with Gasteiger partial charge in [0.15, 0.2) is 11.6 Å². The predicted molar refractivity (Wildman–Crippen MR) is 139 cm³/mol. The minimum atomic E-state index is -1.46. The molecule has 0 spiro atoms. The molecule has 1 aliphatic heterocycles. The quantitative estimate of drug-likeness (QED) is 0.275.